The molecule has 0 saturated carbocycles. The molecule has 0 saturated heterocycles. The molecule has 2 nitrogen and oxygen atoms in total. The molecule has 0 spiro atoms. The zero-order valence-electron chi connectivity index (χ0n) is 7.22. The predicted octanol–water partition coefficient (Wildman–Crippen LogP) is 1.02. The number of likely N-dealkylation sites (N-methyl/N-ethyl adjacent to an activating group) is 1. The van der Waals surface area contributed by atoms with Gasteiger partial charge in [-0.25, -0.2) is 4.39 Å². The first kappa shape index (κ1) is 9.85. The molecule has 1 unspecified atom stereocenters. The molecule has 10 heavy (non-hydrogen) atoms. The van der Waals surface area contributed by atoms with E-state index in [1.807, 2.05) is 21.1 Å². The van der Waals surface area contributed by atoms with Crippen LogP contribution in [0, 0.1) is 0 Å². The van der Waals surface area contributed by atoms with Crippen molar-refractivity contribution < 1.29 is 13.6 Å². The maximum atomic E-state index is 12.0. The topological polar surface area (TPSA) is 9.23 Å². The van der Waals surface area contributed by atoms with Gasteiger partial charge in [0.2, 0.25) is 0 Å². The van der Waals surface area contributed by atoms with Crippen molar-refractivity contribution in [2.45, 2.75) is 13.3 Å². The highest BCUT2D eigenvalue weighted by molar-refractivity contribution is 4.29. The molecule has 1 atom stereocenters. The first-order chi connectivity index (χ1) is 4.42. The number of hydrogen-bond acceptors (Lipinski definition) is 1. The maximum Gasteiger partial charge on any atom is 0.196 e. The molecule has 0 aromatic rings. The fourth-order valence-corrected chi connectivity index (χ4v) is 0.489. The van der Waals surface area contributed by atoms with Crippen molar-refractivity contribution in [2.24, 2.45) is 0 Å². The van der Waals surface area contributed by atoms with Crippen molar-refractivity contribution in [3.63, 3.8) is 0 Å². The van der Waals surface area contributed by atoms with Crippen molar-refractivity contribution in [1.82, 2.24) is 0 Å². The summed E-state index contributed by atoms with van der Waals surface area (Å²) in [6.45, 7) is 2.73. The van der Waals surface area contributed by atoms with Gasteiger partial charge in [0.05, 0.1) is 27.7 Å². The summed E-state index contributed by atoms with van der Waals surface area (Å²) in [7, 11) is 6.14. The van der Waals surface area contributed by atoms with E-state index in [1.54, 1.807) is 0 Å². The minimum Gasteiger partial charge on any atom is -0.342 e. The maximum absolute atomic E-state index is 12.0. The van der Waals surface area contributed by atoms with Gasteiger partial charge in [-0.1, -0.05) is 0 Å². The van der Waals surface area contributed by atoms with Gasteiger partial charge in [0.25, 0.3) is 0 Å². The number of hydrogen-bond donors (Lipinski definition) is 0. The van der Waals surface area contributed by atoms with E-state index >= 15 is 0 Å². The molecule has 62 valence electrons. The second-order valence-corrected chi connectivity index (χ2v) is 3.43. The highest BCUT2D eigenvalue weighted by Crippen LogP contribution is 1.94. The quantitative estimate of drug-likeness (QED) is 0.544. The fraction of sp³-hybridized carbons (Fsp3) is 1.00. The number of halogens is 1. The van der Waals surface area contributed by atoms with Crippen LogP contribution in [0.25, 0.3) is 0 Å². The van der Waals surface area contributed by atoms with E-state index in [9.17, 15) is 4.39 Å². The van der Waals surface area contributed by atoms with E-state index in [-0.39, 0.29) is 0 Å². The Morgan fingerprint density at radius 3 is 2.20 bits per heavy atom. The van der Waals surface area contributed by atoms with Crippen molar-refractivity contribution in [3.05, 3.63) is 0 Å². The van der Waals surface area contributed by atoms with Gasteiger partial charge in [-0.15, -0.1) is 0 Å². The third-order valence-electron chi connectivity index (χ3n) is 1.11. The zero-order valence-corrected chi connectivity index (χ0v) is 7.22. The Balaban J connectivity index is 3.21. The average molecular weight is 150 g/mol. The van der Waals surface area contributed by atoms with Crippen LogP contribution in [-0.2, 0) is 4.74 Å². The standard InChI is InChI=1S/C7H17FNO/c1-7(8)10-6-5-9(2,3)4/h7H,5-6H2,1-4H3/q+1. The Bertz CT molecular complexity index is 88.1. The first-order valence-electron chi connectivity index (χ1n) is 3.48. The van der Waals surface area contributed by atoms with Crippen LogP contribution in [0.5, 0.6) is 0 Å². The molecular weight excluding hydrogens is 133 g/mol. The van der Waals surface area contributed by atoms with Crippen molar-refractivity contribution in [1.29, 1.82) is 0 Å². The number of nitrogens with zero attached hydrogens (tertiary/aromatic N) is 1. The molecule has 0 aromatic carbocycles. The van der Waals surface area contributed by atoms with E-state index < -0.39 is 6.36 Å². The molecule has 0 aliphatic heterocycles. The van der Waals surface area contributed by atoms with E-state index in [2.05, 4.69) is 0 Å². The molecule has 0 rings (SSSR count). The summed E-state index contributed by atoms with van der Waals surface area (Å²) in [5.74, 6) is 0. The zero-order chi connectivity index (χ0) is 8.20. The second kappa shape index (κ2) is 3.88. The molecule has 0 fully saturated rings. The lowest BCUT2D eigenvalue weighted by molar-refractivity contribution is -0.870. The molecule has 0 bridgehead atoms. The van der Waals surface area contributed by atoms with Crippen LogP contribution in [-0.4, -0.2) is 45.1 Å². The molecule has 0 radical (unpaired) electrons. The van der Waals surface area contributed by atoms with Gasteiger partial charge in [0, 0.05) is 0 Å². The summed E-state index contributed by atoms with van der Waals surface area (Å²) in [6.07, 6.45) is -1.13. The van der Waals surface area contributed by atoms with Crippen molar-refractivity contribution >= 4 is 0 Å². The van der Waals surface area contributed by atoms with E-state index in [1.165, 1.54) is 6.92 Å². The summed E-state index contributed by atoms with van der Waals surface area (Å²) < 4.78 is 17.6. The summed E-state index contributed by atoms with van der Waals surface area (Å²) in [5.41, 5.74) is 0. The van der Waals surface area contributed by atoms with Crippen LogP contribution < -0.4 is 0 Å². The minimum atomic E-state index is -1.13. The summed E-state index contributed by atoms with van der Waals surface area (Å²) in [6, 6.07) is 0. The lowest BCUT2D eigenvalue weighted by Gasteiger charge is -2.23. The van der Waals surface area contributed by atoms with E-state index in [0.29, 0.717) is 6.61 Å². The van der Waals surface area contributed by atoms with Gasteiger partial charge in [-0.2, -0.15) is 0 Å². The Morgan fingerprint density at radius 2 is 1.90 bits per heavy atom. The smallest absolute Gasteiger partial charge is 0.196 e. The van der Waals surface area contributed by atoms with Crippen LogP contribution in [0.4, 0.5) is 4.39 Å². The van der Waals surface area contributed by atoms with Crippen LogP contribution in [0.3, 0.4) is 0 Å². The fourth-order valence-electron chi connectivity index (χ4n) is 0.489. The third-order valence-corrected chi connectivity index (χ3v) is 1.11. The predicted molar refractivity (Wildman–Crippen MR) is 39.4 cm³/mol. The normalized spacial score (nSPS) is 15.3. The SMILES string of the molecule is CC(F)OCC[N+](C)(C)C. The summed E-state index contributed by atoms with van der Waals surface area (Å²) in [4.78, 5) is 0. The molecule has 0 aliphatic rings. The molecule has 0 aliphatic carbocycles. The monoisotopic (exact) mass is 150 g/mol. The van der Waals surface area contributed by atoms with Crippen molar-refractivity contribution in [3.8, 4) is 0 Å². The number of rotatable bonds is 4. The number of quaternary nitrogens is 1. The Kier molecular flexibility index (Phi) is 3.83. The summed E-state index contributed by atoms with van der Waals surface area (Å²) >= 11 is 0. The van der Waals surface area contributed by atoms with Crippen LogP contribution in [0.2, 0.25) is 0 Å². The molecule has 0 aromatic heterocycles. The van der Waals surface area contributed by atoms with Crippen molar-refractivity contribution in [2.75, 3.05) is 34.3 Å². The lowest BCUT2D eigenvalue weighted by Crippen LogP contribution is -2.37. The largest absolute Gasteiger partial charge is 0.342 e. The lowest BCUT2D eigenvalue weighted by atomic mass is 10.5. The van der Waals surface area contributed by atoms with E-state index in [4.69, 9.17) is 4.74 Å². The Labute approximate surface area is 62.2 Å². The number of ether oxygens (including phenoxy) is 1. The molecule has 3 heteroatoms. The van der Waals surface area contributed by atoms with Gasteiger partial charge in [-0.05, 0) is 6.92 Å². The van der Waals surface area contributed by atoms with E-state index in [0.717, 1.165) is 11.0 Å². The molecular formula is C7H17FNO+. The third kappa shape index (κ3) is 7.85. The second-order valence-electron chi connectivity index (χ2n) is 3.43. The Hall–Kier alpha value is -0.150. The molecule has 0 N–H and O–H groups in total. The van der Waals surface area contributed by atoms with Gasteiger partial charge in [0.1, 0.15) is 6.54 Å². The van der Waals surface area contributed by atoms with Gasteiger partial charge in [0.15, 0.2) is 6.36 Å². The molecule has 0 heterocycles. The van der Waals surface area contributed by atoms with Crippen LogP contribution in [0.1, 0.15) is 6.92 Å². The average Bonchev–Trinajstić information content (AvgIpc) is 1.59. The highest BCUT2D eigenvalue weighted by Gasteiger charge is 2.07. The van der Waals surface area contributed by atoms with Crippen LogP contribution >= 0.6 is 0 Å². The first-order valence-corrected chi connectivity index (χ1v) is 3.48. The molecule has 0 amide bonds. The van der Waals surface area contributed by atoms with Gasteiger partial charge in [-0.3, -0.25) is 0 Å². The Morgan fingerprint density at radius 1 is 1.40 bits per heavy atom. The van der Waals surface area contributed by atoms with Gasteiger partial charge < -0.3 is 9.22 Å². The summed E-state index contributed by atoms with van der Waals surface area (Å²) in [5, 5.41) is 0. The highest BCUT2D eigenvalue weighted by atomic mass is 19.1. The minimum absolute atomic E-state index is 0.487. The van der Waals surface area contributed by atoms with Crippen LogP contribution in [0.15, 0.2) is 0 Å². The number of alkyl halides is 1. The van der Waals surface area contributed by atoms with Gasteiger partial charge >= 0.3 is 0 Å².